The van der Waals surface area contributed by atoms with E-state index in [1.807, 2.05) is 31.4 Å². The molecule has 1 unspecified atom stereocenters. The molecule has 20 heavy (non-hydrogen) atoms. The van der Waals surface area contributed by atoms with E-state index in [4.69, 9.17) is 5.11 Å². The van der Waals surface area contributed by atoms with Crippen LogP contribution in [-0.4, -0.2) is 32.3 Å². The van der Waals surface area contributed by atoms with Crippen molar-refractivity contribution < 1.29 is 15.0 Å². The molecule has 0 saturated carbocycles. The first-order valence-electron chi connectivity index (χ1n) is 6.82. The van der Waals surface area contributed by atoms with Crippen molar-refractivity contribution in [2.75, 3.05) is 6.61 Å². The number of benzene rings is 1. The molecule has 0 aliphatic rings. The number of carboxylic acid groups (broad SMARTS) is 1. The van der Waals surface area contributed by atoms with Crippen LogP contribution in [-0.2, 0) is 0 Å². The van der Waals surface area contributed by atoms with Crippen molar-refractivity contribution >= 4 is 17.0 Å². The van der Waals surface area contributed by atoms with Gasteiger partial charge >= 0.3 is 5.97 Å². The Hall–Kier alpha value is -1.88. The first kappa shape index (κ1) is 14.5. The molecule has 1 heterocycles. The third kappa shape index (κ3) is 2.41. The molecule has 0 saturated heterocycles. The molecular weight excluding hydrogens is 256 g/mol. The Balaban J connectivity index is 2.73. The summed E-state index contributed by atoms with van der Waals surface area (Å²) in [7, 11) is 0. The van der Waals surface area contributed by atoms with Gasteiger partial charge in [-0.25, -0.2) is 9.78 Å². The quantitative estimate of drug-likeness (QED) is 0.880. The third-order valence-electron chi connectivity index (χ3n) is 3.48. The summed E-state index contributed by atoms with van der Waals surface area (Å²) in [6, 6.07) is 5.27. The minimum absolute atomic E-state index is 0.0754. The first-order valence-corrected chi connectivity index (χ1v) is 6.82. The van der Waals surface area contributed by atoms with Gasteiger partial charge in [0, 0.05) is 18.6 Å². The smallest absolute Gasteiger partial charge is 0.337 e. The van der Waals surface area contributed by atoms with E-state index < -0.39 is 5.97 Å². The molecule has 0 aliphatic carbocycles. The van der Waals surface area contributed by atoms with Gasteiger partial charge in [0.1, 0.15) is 11.3 Å². The number of hydrogen-bond donors (Lipinski definition) is 2. The molecule has 1 aromatic heterocycles. The Morgan fingerprint density at radius 3 is 2.60 bits per heavy atom. The summed E-state index contributed by atoms with van der Waals surface area (Å²) in [5, 5.41) is 18.4. The summed E-state index contributed by atoms with van der Waals surface area (Å²) in [5.74, 6) is 0.0743. The normalized spacial score (nSPS) is 13.1. The zero-order chi connectivity index (χ0) is 14.9. The molecule has 0 bridgehead atoms. The Bertz CT molecular complexity index is 631. The fourth-order valence-electron chi connectivity index (χ4n) is 2.49. The average molecular weight is 276 g/mol. The Morgan fingerprint density at radius 1 is 1.35 bits per heavy atom. The highest BCUT2D eigenvalue weighted by Crippen LogP contribution is 2.29. The first-order chi connectivity index (χ1) is 9.47. The van der Waals surface area contributed by atoms with Gasteiger partial charge in [-0.3, -0.25) is 0 Å². The molecule has 0 spiro atoms. The molecular formula is C15H20N2O3. The second-order valence-corrected chi connectivity index (χ2v) is 5.33. The van der Waals surface area contributed by atoms with Crippen LogP contribution >= 0.6 is 0 Å². The summed E-state index contributed by atoms with van der Waals surface area (Å²) >= 11 is 0. The van der Waals surface area contributed by atoms with Crippen LogP contribution in [0.15, 0.2) is 18.2 Å². The van der Waals surface area contributed by atoms with E-state index >= 15 is 0 Å². The number of aliphatic hydroxyl groups is 1. The number of carbonyl (C=O) groups is 1. The minimum atomic E-state index is -0.967. The van der Waals surface area contributed by atoms with E-state index in [-0.39, 0.29) is 24.1 Å². The van der Waals surface area contributed by atoms with Crippen LogP contribution < -0.4 is 0 Å². The number of imidazole rings is 1. The van der Waals surface area contributed by atoms with Gasteiger partial charge in [-0.2, -0.15) is 0 Å². The van der Waals surface area contributed by atoms with Gasteiger partial charge in [-0.05, 0) is 25.5 Å². The van der Waals surface area contributed by atoms with Crippen LogP contribution in [0.1, 0.15) is 55.3 Å². The van der Waals surface area contributed by atoms with Crippen molar-refractivity contribution in [3.05, 3.63) is 29.6 Å². The van der Waals surface area contributed by atoms with E-state index in [0.29, 0.717) is 11.9 Å². The summed E-state index contributed by atoms with van der Waals surface area (Å²) in [6.45, 7) is 6.17. The number of para-hydroxylation sites is 1. The number of aromatic carboxylic acids is 1. The zero-order valence-corrected chi connectivity index (χ0v) is 12.0. The lowest BCUT2D eigenvalue weighted by atomic mass is 10.1. The number of rotatable bonds is 5. The van der Waals surface area contributed by atoms with E-state index in [9.17, 15) is 9.90 Å². The molecule has 2 N–H and O–H groups in total. The Morgan fingerprint density at radius 2 is 2.05 bits per heavy atom. The van der Waals surface area contributed by atoms with E-state index in [1.165, 1.54) is 0 Å². The SMILES string of the molecule is CC(C)c1nc2c(C(=O)O)cccc2n1C(C)CCO. The van der Waals surface area contributed by atoms with Gasteiger partial charge in [-0.1, -0.05) is 19.9 Å². The fourth-order valence-corrected chi connectivity index (χ4v) is 2.49. The van der Waals surface area contributed by atoms with E-state index in [2.05, 4.69) is 4.98 Å². The average Bonchev–Trinajstić information content (AvgIpc) is 2.77. The summed E-state index contributed by atoms with van der Waals surface area (Å²) in [5.41, 5.74) is 1.56. The molecule has 0 fully saturated rings. The van der Waals surface area contributed by atoms with Crippen molar-refractivity contribution in [2.45, 2.75) is 39.2 Å². The van der Waals surface area contributed by atoms with Gasteiger partial charge < -0.3 is 14.8 Å². The van der Waals surface area contributed by atoms with Gasteiger partial charge in [0.2, 0.25) is 0 Å². The topological polar surface area (TPSA) is 75.3 Å². The van der Waals surface area contributed by atoms with Crippen LogP contribution in [0.4, 0.5) is 0 Å². The van der Waals surface area contributed by atoms with Crippen molar-refractivity contribution in [3.63, 3.8) is 0 Å². The Kier molecular flexibility index (Phi) is 4.09. The molecule has 0 radical (unpaired) electrons. The van der Waals surface area contributed by atoms with Crippen molar-refractivity contribution in [1.82, 2.24) is 9.55 Å². The lowest BCUT2D eigenvalue weighted by molar-refractivity contribution is 0.0699. The van der Waals surface area contributed by atoms with Crippen LogP contribution in [0.5, 0.6) is 0 Å². The predicted octanol–water partition coefficient (Wildman–Crippen LogP) is 2.80. The van der Waals surface area contributed by atoms with Crippen molar-refractivity contribution in [1.29, 1.82) is 0 Å². The molecule has 2 rings (SSSR count). The number of fused-ring (bicyclic) bond motifs is 1. The van der Waals surface area contributed by atoms with E-state index in [1.54, 1.807) is 12.1 Å². The lowest BCUT2D eigenvalue weighted by Crippen LogP contribution is -2.11. The highest BCUT2D eigenvalue weighted by Gasteiger charge is 2.21. The molecule has 1 aromatic carbocycles. The van der Waals surface area contributed by atoms with Crippen LogP contribution in [0.25, 0.3) is 11.0 Å². The maximum atomic E-state index is 11.3. The van der Waals surface area contributed by atoms with Crippen LogP contribution in [0.2, 0.25) is 0 Å². The lowest BCUT2D eigenvalue weighted by Gasteiger charge is -2.18. The number of aromatic nitrogens is 2. The number of nitrogens with zero attached hydrogens (tertiary/aromatic N) is 2. The summed E-state index contributed by atoms with van der Waals surface area (Å²) in [4.78, 5) is 15.8. The maximum Gasteiger partial charge on any atom is 0.337 e. The second-order valence-electron chi connectivity index (χ2n) is 5.33. The monoisotopic (exact) mass is 276 g/mol. The molecule has 5 heteroatoms. The van der Waals surface area contributed by atoms with Crippen molar-refractivity contribution in [2.24, 2.45) is 0 Å². The number of aliphatic hydroxyl groups excluding tert-OH is 1. The maximum absolute atomic E-state index is 11.3. The minimum Gasteiger partial charge on any atom is -0.478 e. The molecule has 1 atom stereocenters. The highest BCUT2D eigenvalue weighted by molar-refractivity contribution is 6.01. The van der Waals surface area contributed by atoms with Gasteiger partial charge in [0.25, 0.3) is 0 Å². The van der Waals surface area contributed by atoms with Crippen LogP contribution in [0.3, 0.4) is 0 Å². The van der Waals surface area contributed by atoms with E-state index in [0.717, 1.165) is 11.3 Å². The standard InChI is InChI=1S/C15H20N2O3/c1-9(2)14-16-13-11(15(19)20)5-4-6-12(13)17(14)10(3)7-8-18/h4-6,9-10,18H,7-8H2,1-3H3,(H,19,20). The molecule has 0 aliphatic heterocycles. The zero-order valence-electron chi connectivity index (χ0n) is 12.0. The van der Waals surface area contributed by atoms with Gasteiger partial charge in [0.05, 0.1) is 11.1 Å². The van der Waals surface area contributed by atoms with Crippen molar-refractivity contribution in [3.8, 4) is 0 Å². The summed E-state index contributed by atoms with van der Waals surface area (Å²) < 4.78 is 2.04. The molecule has 0 amide bonds. The fraction of sp³-hybridized carbons (Fsp3) is 0.467. The largest absolute Gasteiger partial charge is 0.478 e. The number of hydrogen-bond acceptors (Lipinski definition) is 3. The number of carboxylic acids is 1. The highest BCUT2D eigenvalue weighted by atomic mass is 16.4. The summed E-state index contributed by atoms with van der Waals surface area (Å²) in [6.07, 6.45) is 0.614. The molecule has 2 aromatic rings. The second kappa shape index (κ2) is 5.63. The predicted molar refractivity (Wildman–Crippen MR) is 77.2 cm³/mol. The van der Waals surface area contributed by atoms with Gasteiger partial charge in [-0.15, -0.1) is 0 Å². The van der Waals surface area contributed by atoms with Crippen LogP contribution in [0, 0.1) is 0 Å². The Labute approximate surface area is 117 Å². The molecule has 5 nitrogen and oxygen atoms in total. The molecule has 108 valence electrons. The third-order valence-corrected chi connectivity index (χ3v) is 3.48. The van der Waals surface area contributed by atoms with Gasteiger partial charge in [0.15, 0.2) is 0 Å².